The third-order valence-electron chi connectivity index (χ3n) is 2.66. The second-order valence-corrected chi connectivity index (χ2v) is 6.73. The highest BCUT2D eigenvalue weighted by Crippen LogP contribution is 2.36. The van der Waals surface area contributed by atoms with Gasteiger partial charge in [-0.3, -0.25) is 0 Å². The first-order chi connectivity index (χ1) is 9.92. The van der Waals surface area contributed by atoms with Crippen LogP contribution in [0.3, 0.4) is 0 Å². The van der Waals surface area contributed by atoms with Gasteiger partial charge in [0.1, 0.15) is 0 Å². The largest absolute Gasteiger partial charge is 0.480 e. The maximum absolute atomic E-state index is 6.15. The number of methoxy groups -OCH3 is 1. The van der Waals surface area contributed by atoms with Crippen molar-refractivity contribution in [2.45, 2.75) is 6.54 Å². The third-order valence-corrected chi connectivity index (χ3v) is 4.68. The van der Waals surface area contributed by atoms with Crippen molar-refractivity contribution in [3.05, 3.63) is 32.1 Å². The van der Waals surface area contributed by atoms with E-state index in [2.05, 4.69) is 10.3 Å². The highest BCUT2D eigenvalue weighted by Gasteiger charge is 2.14. The summed E-state index contributed by atoms with van der Waals surface area (Å²) in [5.74, 6) is 0.595. The topological polar surface area (TPSA) is 37.4 Å². The summed E-state index contributed by atoms with van der Waals surface area (Å²) in [6, 6.07) is 3.29. The van der Waals surface area contributed by atoms with Crippen LogP contribution in [0.15, 0.2) is 12.1 Å². The number of aromatic nitrogens is 1. The minimum atomic E-state index is 0.476. The van der Waals surface area contributed by atoms with Gasteiger partial charge in [0, 0.05) is 19.1 Å². The first-order valence-electron chi connectivity index (χ1n) is 6.01. The molecule has 4 nitrogen and oxygen atoms in total. The molecular formula is C13H14Cl3N3OS. The van der Waals surface area contributed by atoms with Gasteiger partial charge in [0.05, 0.1) is 34.3 Å². The number of halogens is 3. The Kier molecular flexibility index (Phi) is 5.43. The molecule has 1 aromatic carbocycles. The Bertz CT molecular complexity index is 623. The summed E-state index contributed by atoms with van der Waals surface area (Å²) in [6.07, 6.45) is 0. The Hall–Kier alpha value is -0.880. The van der Waals surface area contributed by atoms with Gasteiger partial charge in [-0.2, -0.15) is 4.98 Å². The van der Waals surface area contributed by atoms with Crippen molar-refractivity contribution in [2.75, 3.05) is 31.4 Å². The minimum Gasteiger partial charge on any atom is -0.480 e. The van der Waals surface area contributed by atoms with E-state index in [0.29, 0.717) is 33.2 Å². The summed E-state index contributed by atoms with van der Waals surface area (Å²) < 4.78 is 5.29. The fraction of sp³-hybridized carbons (Fsp3) is 0.308. The molecule has 2 aromatic rings. The van der Waals surface area contributed by atoms with Crippen LogP contribution in [0.1, 0.15) is 4.88 Å². The van der Waals surface area contributed by atoms with Gasteiger partial charge in [-0.1, -0.05) is 46.1 Å². The van der Waals surface area contributed by atoms with Crippen LogP contribution in [0.2, 0.25) is 15.1 Å². The van der Waals surface area contributed by atoms with E-state index < -0.39 is 0 Å². The van der Waals surface area contributed by atoms with E-state index in [0.717, 1.165) is 10.0 Å². The lowest BCUT2D eigenvalue weighted by molar-refractivity contribution is 0.397. The monoisotopic (exact) mass is 365 g/mol. The van der Waals surface area contributed by atoms with E-state index in [-0.39, 0.29) is 0 Å². The molecule has 1 aromatic heterocycles. The predicted octanol–water partition coefficient (Wildman–Crippen LogP) is 4.79. The van der Waals surface area contributed by atoms with Crippen LogP contribution in [-0.4, -0.2) is 26.2 Å². The van der Waals surface area contributed by atoms with Crippen molar-refractivity contribution in [1.29, 1.82) is 0 Å². The highest BCUT2D eigenvalue weighted by atomic mass is 35.5. The molecule has 1 N–H and O–H groups in total. The fourth-order valence-corrected chi connectivity index (χ4v) is 3.51. The van der Waals surface area contributed by atoms with Crippen LogP contribution in [-0.2, 0) is 6.54 Å². The lowest BCUT2D eigenvalue weighted by Gasteiger charge is -2.10. The van der Waals surface area contributed by atoms with E-state index in [1.54, 1.807) is 30.6 Å². The van der Waals surface area contributed by atoms with E-state index in [1.807, 2.05) is 19.0 Å². The molecule has 0 bridgehead atoms. The van der Waals surface area contributed by atoms with Gasteiger partial charge in [0.15, 0.2) is 5.13 Å². The van der Waals surface area contributed by atoms with Crippen molar-refractivity contribution in [1.82, 2.24) is 4.98 Å². The molecule has 2 rings (SSSR count). The SMILES string of the molecule is COc1nc(N(C)C)sc1CNc1c(Cl)cc(Cl)cc1Cl. The normalized spacial score (nSPS) is 10.6. The Labute approximate surface area is 142 Å². The quantitative estimate of drug-likeness (QED) is 0.825. The highest BCUT2D eigenvalue weighted by molar-refractivity contribution is 7.15. The lowest BCUT2D eigenvalue weighted by atomic mass is 10.3. The first kappa shape index (κ1) is 16.5. The van der Waals surface area contributed by atoms with Crippen LogP contribution in [0.25, 0.3) is 0 Å². The van der Waals surface area contributed by atoms with Crippen LogP contribution >= 0.6 is 46.1 Å². The number of hydrogen-bond acceptors (Lipinski definition) is 5. The molecule has 0 aliphatic rings. The molecule has 0 saturated heterocycles. The van der Waals surface area contributed by atoms with Gasteiger partial charge < -0.3 is 15.0 Å². The van der Waals surface area contributed by atoms with Crippen LogP contribution in [0.5, 0.6) is 5.88 Å². The molecule has 0 atom stereocenters. The van der Waals surface area contributed by atoms with Crippen LogP contribution < -0.4 is 15.0 Å². The summed E-state index contributed by atoms with van der Waals surface area (Å²) in [7, 11) is 5.46. The molecule has 1 heterocycles. The van der Waals surface area contributed by atoms with Crippen LogP contribution in [0, 0.1) is 0 Å². The van der Waals surface area contributed by atoms with E-state index in [9.17, 15) is 0 Å². The molecule has 114 valence electrons. The van der Waals surface area contributed by atoms with Gasteiger partial charge >= 0.3 is 0 Å². The van der Waals surface area contributed by atoms with Gasteiger partial charge in [-0.05, 0) is 12.1 Å². The molecule has 8 heteroatoms. The lowest BCUT2D eigenvalue weighted by Crippen LogP contribution is -2.07. The second-order valence-electron chi connectivity index (χ2n) is 4.42. The zero-order valence-electron chi connectivity index (χ0n) is 11.7. The number of nitrogens with one attached hydrogen (secondary N) is 1. The zero-order chi connectivity index (χ0) is 15.6. The minimum absolute atomic E-state index is 0.476. The summed E-state index contributed by atoms with van der Waals surface area (Å²) >= 11 is 19.7. The molecule has 0 unspecified atom stereocenters. The molecule has 0 saturated carbocycles. The van der Waals surface area contributed by atoms with Crippen molar-refractivity contribution in [2.24, 2.45) is 0 Å². The Morgan fingerprint density at radius 2 is 1.86 bits per heavy atom. The standard InChI is InChI=1S/C13H14Cl3N3OS/c1-19(2)13-18-12(20-3)10(21-13)6-17-11-8(15)4-7(14)5-9(11)16/h4-5,17H,6H2,1-3H3. The maximum Gasteiger partial charge on any atom is 0.231 e. The molecule has 0 fully saturated rings. The maximum atomic E-state index is 6.15. The van der Waals surface area contributed by atoms with Crippen molar-refractivity contribution in [3.8, 4) is 5.88 Å². The zero-order valence-corrected chi connectivity index (χ0v) is 14.8. The molecule has 21 heavy (non-hydrogen) atoms. The molecule has 0 spiro atoms. The van der Waals surface area contributed by atoms with Crippen molar-refractivity contribution < 1.29 is 4.74 Å². The van der Waals surface area contributed by atoms with Crippen molar-refractivity contribution in [3.63, 3.8) is 0 Å². The van der Waals surface area contributed by atoms with E-state index >= 15 is 0 Å². The molecule has 0 radical (unpaired) electrons. The molecule has 0 aliphatic heterocycles. The number of benzene rings is 1. The molecule has 0 aliphatic carbocycles. The van der Waals surface area contributed by atoms with Crippen molar-refractivity contribution >= 4 is 57.0 Å². The number of anilines is 2. The Morgan fingerprint density at radius 1 is 1.24 bits per heavy atom. The predicted molar refractivity (Wildman–Crippen MR) is 91.8 cm³/mol. The number of rotatable bonds is 5. The molecule has 0 amide bonds. The number of ether oxygens (including phenoxy) is 1. The summed E-state index contributed by atoms with van der Waals surface area (Å²) in [4.78, 5) is 7.29. The second kappa shape index (κ2) is 6.92. The first-order valence-corrected chi connectivity index (χ1v) is 7.97. The summed E-state index contributed by atoms with van der Waals surface area (Å²) in [5.41, 5.74) is 0.643. The van der Waals surface area contributed by atoms with E-state index in [4.69, 9.17) is 39.5 Å². The van der Waals surface area contributed by atoms with Gasteiger partial charge in [0.2, 0.25) is 5.88 Å². The third kappa shape index (κ3) is 3.86. The molecular weight excluding hydrogens is 353 g/mol. The summed E-state index contributed by atoms with van der Waals surface area (Å²) in [6.45, 7) is 0.510. The summed E-state index contributed by atoms with van der Waals surface area (Å²) in [5, 5.41) is 5.53. The number of nitrogens with zero attached hydrogens (tertiary/aromatic N) is 2. The Morgan fingerprint density at radius 3 is 2.38 bits per heavy atom. The van der Waals surface area contributed by atoms with E-state index in [1.165, 1.54) is 0 Å². The fourth-order valence-electron chi connectivity index (χ4n) is 1.67. The van der Waals surface area contributed by atoms with Crippen LogP contribution in [0.4, 0.5) is 10.8 Å². The average molecular weight is 367 g/mol. The average Bonchev–Trinajstić information content (AvgIpc) is 2.81. The van der Waals surface area contributed by atoms with Gasteiger partial charge in [-0.25, -0.2) is 0 Å². The Balaban J connectivity index is 2.20. The van der Waals surface area contributed by atoms with Gasteiger partial charge in [0.25, 0.3) is 0 Å². The smallest absolute Gasteiger partial charge is 0.231 e. The van der Waals surface area contributed by atoms with Gasteiger partial charge in [-0.15, -0.1) is 0 Å². The number of thiazole rings is 1. The number of hydrogen-bond donors (Lipinski definition) is 1.